The van der Waals surface area contributed by atoms with Gasteiger partial charge in [0, 0.05) is 4.88 Å². The van der Waals surface area contributed by atoms with Crippen LogP contribution < -0.4 is 4.90 Å². The number of aryl methyl sites for hydroxylation is 2. The van der Waals surface area contributed by atoms with Gasteiger partial charge in [-0.1, -0.05) is 18.2 Å². The molecule has 0 N–H and O–H groups in total. The summed E-state index contributed by atoms with van der Waals surface area (Å²) in [4.78, 5) is 20.7. The first-order valence-corrected chi connectivity index (χ1v) is 9.67. The molecule has 0 saturated carbocycles. The van der Waals surface area contributed by atoms with Crippen molar-refractivity contribution in [3.05, 3.63) is 81.3 Å². The van der Waals surface area contributed by atoms with Crippen LogP contribution in [0.25, 0.3) is 0 Å². The molecule has 0 aliphatic carbocycles. The van der Waals surface area contributed by atoms with Crippen molar-refractivity contribution in [2.45, 2.75) is 26.8 Å². The molecular weight excluding hydrogens is 359 g/mol. The number of hydrogen-bond donors (Lipinski definition) is 0. The molecule has 1 aliphatic heterocycles. The third-order valence-electron chi connectivity index (χ3n) is 4.79. The maximum absolute atomic E-state index is 13.6. The minimum absolute atomic E-state index is 0.0339. The summed E-state index contributed by atoms with van der Waals surface area (Å²) in [5.74, 6) is -0.334. The van der Waals surface area contributed by atoms with Crippen LogP contribution in [-0.4, -0.2) is 11.6 Å². The number of carbonyl (C=O) groups is 1. The summed E-state index contributed by atoms with van der Waals surface area (Å²) in [5.41, 5.74) is 5.32. The summed E-state index contributed by atoms with van der Waals surface area (Å²) in [6.45, 7) is 4.38. The quantitative estimate of drug-likeness (QED) is 0.587. The van der Waals surface area contributed by atoms with Crippen LogP contribution in [0.2, 0.25) is 0 Å². The molecule has 136 valence electrons. The number of anilines is 1. The SMILES string of the molecule is Cc1cc2c(cc1C)N(Cc1cccc(F)c1)C(=O)CC(c1cccs1)=N2. The Kier molecular flexibility index (Phi) is 4.62. The van der Waals surface area contributed by atoms with Crippen molar-refractivity contribution < 1.29 is 9.18 Å². The molecule has 3 aromatic rings. The number of thiophene rings is 1. The Morgan fingerprint density at radius 1 is 1.11 bits per heavy atom. The van der Waals surface area contributed by atoms with E-state index < -0.39 is 0 Å². The highest BCUT2D eigenvalue weighted by Gasteiger charge is 2.26. The summed E-state index contributed by atoms with van der Waals surface area (Å²) in [5, 5.41) is 1.99. The van der Waals surface area contributed by atoms with Crippen LogP contribution in [0.5, 0.6) is 0 Å². The zero-order chi connectivity index (χ0) is 19.0. The number of fused-ring (bicyclic) bond motifs is 1. The number of carbonyl (C=O) groups excluding carboxylic acids is 1. The van der Waals surface area contributed by atoms with Crippen LogP contribution in [-0.2, 0) is 11.3 Å². The fourth-order valence-corrected chi connectivity index (χ4v) is 3.94. The molecule has 1 aliphatic rings. The fraction of sp³-hybridized carbons (Fsp3) is 0.182. The molecule has 2 heterocycles. The van der Waals surface area contributed by atoms with Gasteiger partial charge < -0.3 is 4.90 Å². The number of benzene rings is 2. The second-order valence-corrected chi connectivity index (χ2v) is 7.70. The van der Waals surface area contributed by atoms with Gasteiger partial charge in [0.25, 0.3) is 0 Å². The first-order chi connectivity index (χ1) is 13.0. The molecule has 0 radical (unpaired) electrons. The smallest absolute Gasteiger partial charge is 0.233 e. The van der Waals surface area contributed by atoms with Gasteiger partial charge in [-0.25, -0.2) is 9.38 Å². The molecule has 0 spiro atoms. The van der Waals surface area contributed by atoms with Gasteiger partial charge in [-0.05, 0) is 66.2 Å². The lowest BCUT2D eigenvalue weighted by atomic mass is 10.1. The van der Waals surface area contributed by atoms with Crippen LogP contribution in [0.3, 0.4) is 0 Å². The van der Waals surface area contributed by atoms with E-state index in [1.807, 2.05) is 49.6 Å². The highest BCUT2D eigenvalue weighted by atomic mass is 32.1. The Morgan fingerprint density at radius 2 is 1.93 bits per heavy atom. The predicted octanol–water partition coefficient (Wildman–Crippen LogP) is 5.56. The highest BCUT2D eigenvalue weighted by molar-refractivity contribution is 7.12. The Labute approximate surface area is 161 Å². The molecule has 0 atom stereocenters. The van der Waals surface area contributed by atoms with E-state index in [0.29, 0.717) is 6.54 Å². The van der Waals surface area contributed by atoms with Crippen LogP contribution in [0.1, 0.15) is 28.0 Å². The second-order valence-electron chi connectivity index (χ2n) is 6.75. The van der Waals surface area contributed by atoms with E-state index in [2.05, 4.69) is 0 Å². The lowest BCUT2D eigenvalue weighted by Gasteiger charge is -2.23. The summed E-state index contributed by atoms with van der Waals surface area (Å²) >= 11 is 1.58. The number of nitrogens with zero attached hydrogens (tertiary/aromatic N) is 2. The molecule has 0 saturated heterocycles. The van der Waals surface area contributed by atoms with E-state index in [0.717, 1.165) is 38.7 Å². The molecule has 1 aromatic heterocycles. The molecule has 0 fully saturated rings. The van der Waals surface area contributed by atoms with Gasteiger partial charge in [0.15, 0.2) is 0 Å². The number of halogens is 1. The second kappa shape index (κ2) is 7.08. The zero-order valence-electron chi connectivity index (χ0n) is 15.2. The van der Waals surface area contributed by atoms with Gasteiger partial charge >= 0.3 is 0 Å². The average molecular weight is 378 g/mol. The lowest BCUT2D eigenvalue weighted by molar-refractivity contribution is -0.117. The molecule has 3 nitrogen and oxygen atoms in total. The molecule has 0 unspecified atom stereocenters. The Bertz CT molecular complexity index is 1040. The van der Waals surface area contributed by atoms with E-state index in [1.54, 1.807) is 22.3 Å². The summed E-state index contributed by atoms with van der Waals surface area (Å²) in [6.07, 6.45) is 0.225. The standard InChI is InChI=1S/C22H19FN2OS/c1-14-9-18-20(10-15(14)2)25(13-16-5-3-6-17(23)11-16)22(26)12-19(24-18)21-7-4-8-27-21/h3-11H,12-13H2,1-2H3. The van der Waals surface area contributed by atoms with Crippen LogP contribution in [0, 0.1) is 19.7 Å². The number of hydrogen-bond acceptors (Lipinski definition) is 3. The first-order valence-electron chi connectivity index (χ1n) is 8.79. The van der Waals surface area contributed by atoms with Crippen LogP contribution >= 0.6 is 11.3 Å². The summed E-state index contributed by atoms with van der Waals surface area (Å²) in [6, 6.07) is 14.4. The predicted molar refractivity (Wildman–Crippen MR) is 109 cm³/mol. The van der Waals surface area contributed by atoms with Gasteiger partial charge in [0.2, 0.25) is 5.91 Å². The summed E-state index contributed by atoms with van der Waals surface area (Å²) in [7, 11) is 0. The number of amides is 1. The number of rotatable bonds is 3. The van der Waals surface area contributed by atoms with Crippen LogP contribution in [0.15, 0.2) is 58.9 Å². The molecular formula is C22H19FN2OS. The topological polar surface area (TPSA) is 32.7 Å². The van der Waals surface area contributed by atoms with E-state index >= 15 is 0 Å². The number of aliphatic imine (C=N–C) groups is 1. The van der Waals surface area contributed by atoms with Crippen molar-refractivity contribution in [3.63, 3.8) is 0 Å². The van der Waals surface area contributed by atoms with Crippen molar-refractivity contribution in [3.8, 4) is 0 Å². The fourth-order valence-electron chi connectivity index (χ4n) is 3.23. The monoisotopic (exact) mass is 378 g/mol. The minimum atomic E-state index is -0.300. The molecule has 1 amide bonds. The third-order valence-corrected chi connectivity index (χ3v) is 5.71. The minimum Gasteiger partial charge on any atom is -0.306 e. The largest absolute Gasteiger partial charge is 0.306 e. The normalized spacial score (nSPS) is 14.0. The maximum Gasteiger partial charge on any atom is 0.233 e. The zero-order valence-corrected chi connectivity index (χ0v) is 16.0. The van der Waals surface area contributed by atoms with Crippen molar-refractivity contribution in [1.82, 2.24) is 0 Å². The van der Waals surface area contributed by atoms with Crippen molar-refractivity contribution in [2.75, 3.05) is 4.90 Å². The van der Waals surface area contributed by atoms with Crippen LogP contribution in [0.4, 0.5) is 15.8 Å². The first kappa shape index (κ1) is 17.6. The van der Waals surface area contributed by atoms with Crippen molar-refractivity contribution in [2.24, 2.45) is 4.99 Å². The van der Waals surface area contributed by atoms with E-state index in [4.69, 9.17) is 4.99 Å². The van der Waals surface area contributed by atoms with E-state index in [-0.39, 0.29) is 18.1 Å². The Morgan fingerprint density at radius 3 is 2.67 bits per heavy atom. The van der Waals surface area contributed by atoms with Gasteiger partial charge in [-0.2, -0.15) is 0 Å². The van der Waals surface area contributed by atoms with Gasteiger partial charge in [0.1, 0.15) is 5.82 Å². The molecule has 4 rings (SSSR count). The average Bonchev–Trinajstić information content (AvgIpc) is 3.13. The van der Waals surface area contributed by atoms with Crippen molar-refractivity contribution >= 4 is 34.3 Å². The van der Waals surface area contributed by atoms with Gasteiger partial charge in [-0.3, -0.25) is 4.79 Å². The molecule has 5 heteroatoms. The molecule has 2 aromatic carbocycles. The Balaban J connectivity index is 1.81. The molecule has 0 bridgehead atoms. The van der Waals surface area contributed by atoms with Gasteiger partial charge in [-0.15, -0.1) is 11.3 Å². The van der Waals surface area contributed by atoms with Gasteiger partial charge in [0.05, 0.1) is 30.1 Å². The lowest BCUT2D eigenvalue weighted by Crippen LogP contribution is -2.31. The van der Waals surface area contributed by atoms with E-state index in [1.165, 1.54) is 12.1 Å². The Hall–Kier alpha value is -2.79. The molecule has 27 heavy (non-hydrogen) atoms. The van der Waals surface area contributed by atoms with Crippen molar-refractivity contribution in [1.29, 1.82) is 0 Å². The maximum atomic E-state index is 13.6. The third kappa shape index (κ3) is 3.55. The van der Waals surface area contributed by atoms with E-state index in [9.17, 15) is 9.18 Å². The highest BCUT2D eigenvalue weighted by Crippen LogP contribution is 2.36. The summed E-state index contributed by atoms with van der Waals surface area (Å²) < 4.78 is 13.6.